The largest absolute Gasteiger partial charge is 0.360 e. The van der Waals surface area contributed by atoms with Crippen LogP contribution in [0.15, 0.2) is 10.6 Å². The van der Waals surface area contributed by atoms with E-state index >= 15 is 0 Å². The summed E-state index contributed by atoms with van der Waals surface area (Å²) in [6.45, 7) is 2.66. The van der Waals surface area contributed by atoms with Crippen LogP contribution in [-0.4, -0.2) is 24.7 Å². The molecule has 0 saturated carbocycles. The van der Waals surface area contributed by atoms with E-state index in [4.69, 9.17) is 4.52 Å². The fourth-order valence-electron chi connectivity index (χ4n) is 0.887. The number of hydrogen-bond donors (Lipinski definition) is 2. The molecule has 0 radical (unpaired) electrons. The quantitative estimate of drug-likeness (QED) is 0.679. The minimum atomic E-state index is -0.0452. The van der Waals surface area contributed by atoms with Gasteiger partial charge >= 0.3 is 0 Å². The van der Waals surface area contributed by atoms with Crippen molar-refractivity contribution in [2.45, 2.75) is 13.5 Å². The monoisotopic (exact) mass is 183 g/mol. The zero-order chi connectivity index (χ0) is 9.68. The van der Waals surface area contributed by atoms with E-state index in [2.05, 4.69) is 15.8 Å². The SMILES string of the molecule is CNC(=O)CNCc1cc(C)no1. The van der Waals surface area contributed by atoms with Crippen molar-refractivity contribution in [1.82, 2.24) is 15.8 Å². The van der Waals surface area contributed by atoms with Gasteiger partial charge in [0.2, 0.25) is 5.91 Å². The van der Waals surface area contributed by atoms with Crippen LogP contribution in [0.3, 0.4) is 0 Å². The van der Waals surface area contributed by atoms with E-state index in [1.54, 1.807) is 7.05 Å². The van der Waals surface area contributed by atoms with E-state index in [0.29, 0.717) is 6.54 Å². The molecule has 1 rings (SSSR count). The molecule has 0 atom stereocenters. The number of carbonyl (C=O) groups excluding carboxylic acids is 1. The molecule has 5 nitrogen and oxygen atoms in total. The maximum absolute atomic E-state index is 10.8. The van der Waals surface area contributed by atoms with Crippen molar-refractivity contribution in [3.8, 4) is 0 Å². The first-order chi connectivity index (χ1) is 6.22. The number of nitrogens with zero attached hydrogens (tertiary/aromatic N) is 1. The minimum absolute atomic E-state index is 0.0452. The molecule has 0 unspecified atom stereocenters. The molecule has 0 aliphatic heterocycles. The predicted octanol–water partition coefficient (Wildman–Crippen LogP) is -0.181. The molecular formula is C8H13N3O2. The average Bonchev–Trinajstić information content (AvgIpc) is 2.51. The Morgan fingerprint density at radius 1 is 1.69 bits per heavy atom. The van der Waals surface area contributed by atoms with Gasteiger partial charge in [0.05, 0.1) is 18.8 Å². The number of amides is 1. The Bertz CT molecular complexity index is 283. The van der Waals surface area contributed by atoms with E-state index in [-0.39, 0.29) is 12.5 Å². The highest BCUT2D eigenvalue weighted by Gasteiger charge is 2.01. The third kappa shape index (κ3) is 3.25. The second kappa shape index (κ2) is 4.61. The standard InChI is InChI=1S/C8H13N3O2/c1-6-3-7(13-11-6)4-10-5-8(12)9-2/h3,10H,4-5H2,1-2H3,(H,9,12). The van der Waals surface area contributed by atoms with Crippen LogP contribution in [0, 0.1) is 6.92 Å². The van der Waals surface area contributed by atoms with Gasteiger partial charge in [-0.2, -0.15) is 0 Å². The van der Waals surface area contributed by atoms with Gasteiger partial charge in [0, 0.05) is 13.1 Å². The van der Waals surface area contributed by atoms with Crippen LogP contribution in [0.4, 0.5) is 0 Å². The maximum Gasteiger partial charge on any atom is 0.233 e. The van der Waals surface area contributed by atoms with Crippen LogP contribution in [-0.2, 0) is 11.3 Å². The number of aryl methyl sites for hydroxylation is 1. The summed E-state index contributed by atoms with van der Waals surface area (Å²) >= 11 is 0. The molecule has 13 heavy (non-hydrogen) atoms. The molecule has 72 valence electrons. The van der Waals surface area contributed by atoms with Gasteiger partial charge in [-0.15, -0.1) is 0 Å². The van der Waals surface area contributed by atoms with Crippen molar-refractivity contribution in [3.63, 3.8) is 0 Å². The number of rotatable bonds is 4. The van der Waals surface area contributed by atoms with E-state index < -0.39 is 0 Å². The van der Waals surface area contributed by atoms with E-state index in [1.165, 1.54) is 0 Å². The number of likely N-dealkylation sites (N-methyl/N-ethyl adjacent to an activating group) is 1. The van der Waals surface area contributed by atoms with E-state index in [0.717, 1.165) is 11.5 Å². The highest BCUT2D eigenvalue weighted by Crippen LogP contribution is 2.00. The summed E-state index contributed by atoms with van der Waals surface area (Å²) in [5, 5.41) is 9.15. The predicted molar refractivity (Wildman–Crippen MR) is 47.0 cm³/mol. The normalized spacial score (nSPS) is 10.0. The smallest absolute Gasteiger partial charge is 0.233 e. The highest BCUT2D eigenvalue weighted by molar-refractivity contribution is 5.77. The van der Waals surface area contributed by atoms with Crippen molar-refractivity contribution in [1.29, 1.82) is 0 Å². The van der Waals surface area contributed by atoms with Crippen molar-refractivity contribution in [3.05, 3.63) is 17.5 Å². The lowest BCUT2D eigenvalue weighted by Crippen LogP contribution is -2.30. The molecule has 1 aromatic heterocycles. The number of carbonyl (C=O) groups is 1. The lowest BCUT2D eigenvalue weighted by Gasteiger charge is -1.99. The maximum atomic E-state index is 10.8. The fraction of sp³-hybridized carbons (Fsp3) is 0.500. The Hall–Kier alpha value is -1.36. The van der Waals surface area contributed by atoms with Crippen LogP contribution in [0.1, 0.15) is 11.5 Å². The first-order valence-electron chi connectivity index (χ1n) is 4.06. The fourth-order valence-corrected chi connectivity index (χ4v) is 0.887. The van der Waals surface area contributed by atoms with Gasteiger partial charge in [0.1, 0.15) is 0 Å². The number of aromatic nitrogens is 1. The Labute approximate surface area is 76.5 Å². The molecule has 2 N–H and O–H groups in total. The molecule has 0 fully saturated rings. The summed E-state index contributed by atoms with van der Waals surface area (Å²) in [5.74, 6) is 0.692. The number of nitrogens with one attached hydrogen (secondary N) is 2. The van der Waals surface area contributed by atoms with Gasteiger partial charge in [-0.3, -0.25) is 4.79 Å². The van der Waals surface area contributed by atoms with Crippen molar-refractivity contribution >= 4 is 5.91 Å². The van der Waals surface area contributed by atoms with E-state index in [9.17, 15) is 4.79 Å². The van der Waals surface area contributed by atoms with Gasteiger partial charge in [-0.1, -0.05) is 5.16 Å². The zero-order valence-electron chi connectivity index (χ0n) is 7.76. The van der Waals surface area contributed by atoms with Crippen molar-refractivity contribution < 1.29 is 9.32 Å². The Kier molecular flexibility index (Phi) is 3.45. The third-order valence-electron chi connectivity index (χ3n) is 1.54. The Balaban J connectivity index is 2.24. The second-order valence-electron chi connectivity index (χ2n) is 2.71. The van der Waals surface area contributed by atoms with Crippen molar-refractivity contribution in [2.75, 3.05) is 13.6 Å². The summed E-state index contributed by atoms with van der Waals surface area (Å²) in [6.07, 6.45) is 0. The molecular weight excluding hydrogens is 170 g/mol. The second-order valence-corrected chi connectivity index (χ2v) is 2.71. The average molecular weight is 183 g/mol. The van der Waals surface area contributed by atoms with Gasteiger partial charge in [0.25, 0.3) is 0 Å². The summed E-state index contributed by atoms with van der Waals surface area (Å²) in [5.41, 5.74) is 0.844. The molecule has 0 aliphatic carbocycles. The summed E-state index contributed by atoms with van der Waals surface area (Å²) in [4.78, 5) is 10.8. The molecule has 0 aromatic carbocycles. The van der Waals surface area contributed by atoms with Gasteiger partial charge in [0.15, 0.2) is 5.76 Å². The Morgan fingerprint density at radius 3 is 3.00 bits per heavy atom. The molecule has 1 amide bonds. The Morgan fingerprint density at radius 2 is 2.46 bits per heavy atom. The van der Waals surface area contributed by atoms with Crippen LogP contribution in [0.5, 0.6) is 0 Å². The van der Waals surface area contributed by atoms with Crippen LogP contribution in [0.25, 0.3) is 0 Å². The van der Waals surface area contributed by atoms with Crippen molar-refractivity contribution in [2.24, 2.45) is 0 Å². The minimum Gasteiger partial charge on any atom is -0.360 e. The third-order valence-corrected chi connectivity index (χ3v) is 1.54. The van der Waals surface area contributed by atoms with Gasteiger partial charge in [-0.25, -0.2) is 0 Å². The lowest BCUT2D eigenvalue weighted by molar-refractivity contribution is -0.119. The molecule has 1 aromatic rings. The molecule has 0 aliphatic rings. The first kappa shape index (κ1) is 9.73. The topological polar surface area (TPSA) is 67.2 Å². The lowest BCUT2D eigenvalue weighted by atomic mass is 10.4. The van der Waals surface area contributed by atoms with E-state index in [1.807, 2.05) is 13.0 Å². The summed E-state index contributed by atoms with van der Waals surface area (Å²) in [7, 11) is 1.60. The molecule has 0 bridgehead atoms. The molecule has 5 heteroatoms. The molecule has 1 heterocycles. The van der Waals surface area contributed by atoms with Crippen LogP contribution in [0.2, 0.25) is 0 Å². The summed E-state index contributed by atoms with van der Waals surface area (Å²) in [6, 6.07) is 1.83. The molecule has 0 spiro atoms. The van der Waals surface area contributed by atoms with Crippen LogP contribution < -0.4 is 10.6 Å². The summed E-state index contributed by atoms with van der Waals surface area (Å²) < 4.78 is 4.94. The van der Waals surface area contributed by atoms with Gasteiger partial charge < -0.3 is 15.2 Å². The highest BCUT2D eigenvalue weighted by atomic mass is 16.5. The first-order valence-corrected chi connectivity index (χ1v) is 4.06. The van der Waals surface area contributed by atoms with Crippen LogP contribution >= 0.6 is 0 Å². The molecule has 0 saturated heterocycles. The zero-order valence-corrected chi connectivity index (χ0v) is 7.76. The van der Waals surface area contributed by atoms with Gasteiger partial charge in [-0.05, 0) is 6.92 Å². The number of hydrogen-bond acceptors (Lipinski definition) is 4.